The van der Waals surface area contributed by atoms with Crippen molar-refractivity contribution in [2.24, 2.45) is 5.92 Å². The minimum Gasteiger partial charge on any atom is -0.493 e. The highest BCUT2D eigenvalue weighted by Gasteiger charge is 2.22. The number of carboxylic acids is 1. The molecule has 1 amide bonds. The predicted molar refractivity (Wildman–Crippen MR) is 77.1 cm³/mol. The lowest BCUT2D eigenvalue weighted by molar-refractivity contribution is -0.117. The van der Waals surface area contributed by atoms with Crippen molar-refractivity contribution in [1.82, 2.24) is 0 Å². The van der Waals surface area contributed by atoms with Crippen molar-refractivity contribution < 1.29 is 24.2 Å². The maximum absolute atomic E-state index is 12.0. The summed E-state index contributed by atoms with van der Waals surface area (Å²) in [4.78, 5) is 23.3. The monoisotopic (exact) mass is 293 g/mol. The summed E-state index contributed by atoms with van der Waals surface area (Å²) < 4.78 is 10.2. The lowest BCUT2D eigenvalue weighted by Gasteiger charge is -2.24. The molecule has 6 nitrogen and oxygen atoms in total. The van der Waals surface area contributed by atoms with Gasteiger partial charge in [-0.3, -0.25) is 4.79 Å². The van der Waals surface area contributed by atoms with Crippen LogP contribution < -0.4 is 14.8 Å². The summed E-state index contributed by atoms with van der Waals surface area (Å²) in [6.07, 6.45) is 3.71. The lowest BCUT2D eigenvalue weighted by atomic mass is 9.83. The third kappa shape index (κ3) is 3.45. The average molecular weight is 293 g/mol. The van der Waals surface area contributed by atoms with E-state index in [4.69, 9.17) is 9.47 Å². The molecule has 0 saturated heterocycles. The van der Waals surface area contributed by atoms with Crippen molar-refractivity contribution in [2.45, 2.75) is 25.7 Å². The third-order valence-corrected chi connectivity index (χ3v) is 3.73. The lowest BCUT2D eigenvalue weighted by Crippen LogP contribution is -2.22. The molecule has 21 heavy (non-hydrogen) atoms. The molecule has 6 heteroatoms. The van der Waals surface area contributed by atoms with Gasteiger partial charge in [-0.25, -0.2) is 4.79 Å². The number of methoxy groups -OCH3 is 2. The predicted octanol–water partition coefficient (Wildman–Crippen LogP) is 2.53. The number of carbonyl (C=O) groups is 2. The second-order valence-corrected chi connectivity index (χ2v) is 5.11. The van der Waals surface area contributed by atoms with Gasteiger partial charge in [0.15, 0.2) is 11.5 Å². The van der Waals surface area contributed by atoms with E-state index >= 15 is 0 Å². The molecule has 1 aliphatic rings. The van der Waals surface area contributed by atoms with Gasteiger partial charge in [-0.05, 0) is 18.8 Å². The quantitative estimate of drug-likeness (QED) is 0.842. The Morgan fingerprint density at radius 1 is 1.24 bits per heavy atom. The van der Waals surface area contributed by atoms with Crippen LogP contribution in [0.15, 0.2) is 12.1 Å². The molecule has 1 aromatic rings. The molecular weight excluding hydrogens is 274 g/mol. The van der Waals surface area contributed by atoms with E-state index in [1.54, 1.807) is 0 Å². The van der Waals surface area contributed by atoms with Gasteiger partial charge in [0, 0.05) is 18.6 Å². The van der Waals surface area contributed by atoms with Crippen LogP contribution in [-0.4, -0.2) is 31.2 Å². The van der Waals surface area contributed by atoms with Crippen LogP contribution in [-0.2, 0) is 4.79 Å². The molecule has 0 radical (unpaired) electrons. The van der Waals surface area contributed by atoms with Crippen LogP contribution in [0.2, 0.25) is 0 Å². The number of nitrogens with one attached hydrogen (secondary N) is 1. The van der Waals surface area contributed by atoms with E-state index in [-0.39, 0.29) is 17.2 Å². The number of rotatable bonds is 6. The van der Waals surface area contributed by atoms with Gasteiger partial charge in [0.05, 0.1) is 25.5 Å². The summed E-state index contributed by atoms with van der Waals surface area (Å²) >= 11 is 0. The first-order valence-electron chi connectivity index (χ1n) is 6.84. The van der Waals surface area contributed by atoms with Crippen molar-refractivity contribution in [1.29, 1.82) is 0 Å². The number of benzene rings is 1. The summed E-state index contributed by atoms with van der Waals surface area (Å²) in [5.74, 6) is -0.198. The van der Waals surface area contributed by atoms with Gasteiger partial charge in [-0.2, -0.15) is 0 Å². The van der Waals surface area contributed by atoms with Crippen molar-refractivity contribution in [3.63, 3.8) is 0 Å². The van der Waals surface area contributed by atoms with Crippen LogP contribution in [0.3, 0.4) is 0 Å². The largest absolute Gasteiger partial charge is 0.493 e. The summed E-state index contributed by atoms with van der Waals surface area (Å²) in [6.45, 7) is 0. The standard InChI is InChI=1S/C15H19NO5/c1-20-12-7-10(15(18)19)11(8-13(12)21-2)16-14(17)6-9-4-3-5-9/h7-9H,3-6H2,1-2H3,(H,16,17)(H,18,19). The van der Waals surface area contributed by atoms with Crippen LogP contribution in [0.1, 0.15) is 36.0 Å². The smallest absolute Gasteiger partial charge is 0.337 e. The highest BCUT2D eigenvalue weighted by molar-refractivity contribution is 6.01. The zero-order valence-corrected chi connectivity index (χ0v) is 12.1. The number of amides is 1. The third-order valence-electron chi connectivity index (χ3n) is 3.73. The van der Waals surface area contributed by atoms with Crippen LogP contribution in [0, 0.1) is 5.92 Å². The summed E-state index contributed by atoms with van der Waals surface area (Å²) in [5.41, 5.74) is 0.207. The zero-order valence-electron chi connectivity index (χ0n) is 12.1. The second kappa shape index (κ2) is 6.47. The molecule has 1 aliphatic carbocycles. The first-order chi connectivity index (χ1) is 10.0. The molecule has 0 aromatic heterocycles. The minimum absolute atomic E-state index is 0.0189. The van der Waals surface area contributed by atoms with E-state index in [2.05, 4.69) is 5.32 Å². The van der Waals surface area contributed by atoms with Gasteiger partial charge in [0.25, 0.3) is 0 Å². The van der Waals surface area contributed by atoms with E-state index in [1.807, 2.05) is 0 Å². The van der Waals surface area contributed by atoms with Gasteiger partial charge in [0.2, 0.25) is 5.91 Å². The molecular formula is C15H19NO5. The molecule has 0 atom stereocenters. The van der Waals surface area contributed by atoms with Gasteiger partial charge in [0.1, 0.15) is 0 Å². The molecule has 1 fully saturated rings. The summed E-state index contributed by atoms with van der Waals surface area (Å²) in [5, 5.41) is 11.9. The van der Waals surface area contributed by atoms with Crippen LogP contribution in [0.4, 0.5) is 5.69 Å². The number of aromatic carboxylic acids is 1. The fraction of sp³-hybridized carbons (Fsp3) is 0.467. The molecule has 2 N–H and O–H groups in total. The number of carbonyl (C=O) groups excluding carboxylic acids is 1. The molecule has 0 spiro atoms. The van der Waals surface area contributed by atoms with Gasteiger partial charge >= 0.3 is 5.97 Å². The normalized spacial score (nSPS) is 14.2. The first kappa shape index (κ1) is 15.2. The molecule has 2 rings (SSSR count). The van der Waals surface area contributed by atoms with Gasteiger partial charge in [-0.15, -0.1) is 0 Å². The van der Waals surface area contributed by atoms with Crippen LogP contribution >= 0.6 is 0 Å². The van der Waals surface area contributed by atoms with Crippen molar-refractivity contribution in [2.75, 3.05) is 19.5 Å². The number of anilines is 1. The molecule has 0 heterocycles. The number of ether oxygens (including phenoxy) is 2. The van der Waals surface area contributed by atoms with E-state index < -0.39 is 5.97 Å². The minimum atomic E-state index is -1.13. The molecule has 0 unspecified atom stereocenters. The van der Waals surface area contributed by atoms with Crippen LogP contribution in [0.25, 0.3) is 0 Å². The zero-order chi connectivity index (χ0) is 15.4. The van der Waals surface area contributed by atoms with E-state index in [0.717, 1.165) is 19.3 Å². The Labute approximate surface area is 123 Å². The van der Waals surface area contributed by atoms with E-state index in [1.165, 1.54) is 26.4 Å². The molecule has 0 aliphatic heterocycles. The molecule has 1 aromatic carbocycles. The van der Waals surface area contributed by atoms with E-state index in [9.17, 15) is 14.7 Å². The highest BCUT2D eigenvalue weighted by atomic mass is 16.5. The Bertz CT molecular complexity index is 551. The Morgan fingerprint density at radius 3 is 2.33 bits per heavy atom. The summed E-state index contributed by atoms with van der Waals surface area (Å²) in [7, 11) is 2.89. The number of hydrogen-bond donors (Lipinski definition) is 2. The Morgan fingerprint density at radius 2 is 1.86 bits per heavy atom. The van der Waals surface area contributed by atoms with Crippen LogP contribution in [0.5, 0.6) is 11.5 Å². The maximum Gasteiger partial charge on any atom is 0.337 e. The average Bonchev–Trinajstić information content (AvgIpc) is 2.42. The van der Waals surface area contributed by atoms with Crippen molar-refractivity contribution >= 4 is 17.6 Å². The highest BCUT2D eigenvalue weighted by Crippen LogP contribution is 2.34. The van der Waals surface area contributed by atoms with Crippen molar-refractivity contribution in [3.8, 4) is 11.5 Å². The fourth-order valence-corrected chi connectivity index (χ4v) is 2.32. The van der Waals surface area contributed by atoms with E-state index in [0.29, 0.717) is 23.8 Å². The van der Waals surface area contributed by atoms with Gasteiger partial charge in [-0.1, -0.05) is 6.42 Å². The Kier molecular flexibility index (Phi) is 4.67. The molecule has 0 bridgehead atoms. The first-order valence-corrected chi connectivity index (χ1v) is 6.84. The molecule has 114 valence electrons. The Balaban J connectivity index is 2.22. The fourth-order valence-electron chi connectivity index (χ4n) is 2.32. The number of carboxylic acid groups (broad SMARTS) is 1. The second-order valence-electron chi connectivity index (χ2n) is 5.11. The van der Waals surface area contributed by atoms with Crippen molar-refractivity contribution in [3.05, 3.63) is 17.7 Å². The molecule has 1 saturated carbocycles. The number of hydrogen-bond acceptors (Lipinski definition) is 4. The topological polar surface area (TPSA) is 84.9 Å². The Hall–Kier alpha value is -2.24. The van der Waals surface area contributed by atoms with Gasteiger partial charge < -0.3 is 19.9 Å². The maximum atomic E-state index is 12.0. The summed E-state index contributed by atoms with van der Waals surface area (Å²) in [6, 6.07) is 2.82. The SMILES string of the molecule is COc1cc(NC(=O)CC2CCC2)c(C(=O)O)cc1OC.